The third kappa shape index (κ3) is 4.09. The molecule has 0 spiro atoms. The Hall–Kier alpha value is -1.52. The topological polar surface area (TPSA) is 69.6 Å². The molecule has 0 aromatic carbocycles. The van der Waals surface area contributed by atoms with Crippen LogP contribution in [0.15, 0.2) is 12.2 Å². The van der Waals surface area contributed by atoms with Crippen LogP contribution in [-0.2, 0) is 4.79 Å². The lowest BCUT2D eigenvalue weighted by molar-refractivity contribution is -0.143. The zero-order valence-electron chi connectivity index (χ0n) is 10.2. The molecule has 0 aromatic rings. The van der Waals surface area contributed by atoms with Gasteiger partial charge in [-0.25, -0.2) is 4.79 Å². The summed E-state index contributed by atoms with van der Waals surface area (Å²) in [5.41, 5.74) is 0.985. The van der Waals surface area contributed by atoms with E-state index in [0.717, 1.165) is 12.0 Å². The molecule has 5 nitrogen and oxygen atoms in total. The van der Waals surface area contributed by atoms with Gasteiger partial charge in [-0.15, -0.1) is 0 Å². The van der Waals surface area contributed by atoms with Gasteiger partial charge in [0.1, 0.15) is 0 Å². The second kappa shape index (κ2) is 6.27. The molecule has 1 saturated heterocycles. The minimum atomic E-state index is -0.760. The van der Waals surface area contributed by atoms with Crippen molar-refractivity contribution in [1.29, 1.82) is 0 Å². The van der Waals surface area contributed by atoms with E-state index in [1.54, 1.807) is 4.90 Å². The predicted octanol–water partition coefficient (Wildman–Crippen LogP) is 1.46. The van der Waals surface area contributed by atoms with E-state index < -0.39 is 5.97 Å². The van der Waals surface area contributed by atoms with Gasteiger partial charge in [-0.3, -0.25) is 4.79 Å². The van der Waals surface area contributed by atoms with Crippen molar-refractivity contribution in [3.05, 3.63) is 12.2 Å². The standard InChI is InChI=1S/C12H20N2O3/c1-3-9(2)8-13-12(17)14-6-4-10(5-7-14)11(15)16/h10H,2-8H2,1H3,(H,13,17)(H,15,16). The number of carbonyl (C=O) groups is 2. The van der Waals surface area contributed by atoms with Crippen LogP contribution in [0.1, 0.15) is 26.2 Å². The lowest BCUT2D eigenvalue weighted by Crippen LogP contribution is -2.45. The minimum absolute atomic E-state index is 0.122. The molecule has 1 aliphatic heterocycles. The van der Waals surface area contributed by atoms with E-state index in [1.165, 1.54) is 0 Å². The molecule has 1 fully saturated rings. The smallest absolute Gasteiger partial charge is 0.317 e. The van der Waals surface area contributed by atoms with Crippen LogP contribution < -0.4 is 5.32 Å². The molecular formula is C12H20N2O3. The average Bonchev–Trinajstić information content (AvgIpc) is 2.35. The summed E-state index contributed by atoms with van der Waals surface area (Å²) in [6.45, 7) is 7.33. The molecule has 1 heterocycles. The second-order valence-electron chi connectivity index (χ2n) is 4.36. The van der Waals surface area contributed by atoms with Gasteiger partial charge in [0.25, 0.3) is 0 Å². The Bertz CT molecular complexity index is 307. The summed E-state index contributed by atoms with van der Waals surface area (Å²) in [5, 5.41) is 11.6. The summed E-state index contributed by atoms with van der Waals surface area (Å²) in [6, 6.07) is -0.122. The number of rotatable bonds is 4. The van der Waals surface area contributed by atoms with Gasteiger partial charge >= 0.3 is 12.0 Å². The Labute approximate surface area is 101 Å². The zero-order chi connectivity index (χ0) is 12.8. The Balaban J connectivity index is 2.31. The van der Waals surface area contributed by atoms with Crippen molar-refractivity contribution in [3.63, 3.8) is 0 Å². The van der Waals surface area contributed by atoms with Crippen LogP contribution in [0.3, 0.4) is 0 Å². The summed E-state index contributed by atoms with van der Waals surface area (Å²) in [7, 11) is 0. The van der Waals surface area contributed by atoms with Crippen LogP contribution in [0, 0.1) is 5.92 Å². The molecular weight excluding hydrogens is 220 g/mol. The Kier molecular flexibility index (Phi) is 5.00. The summed E-state index contributed by atoms with van der Waals surface area (Å²) < 4.78 is 0. The number of carboxylic acid groups (broad SMARTS) is 1. The summed E-state index contributed by atoms with van der Waals surface area (Å²) >= 11 is 0. The first-order chi connectivity index (χ1) is 8.04. The first-order valence-electron chi connectivity index (χ1n) is 5.96. The molecule has 1 aliphatic rings. The van der Waals surface area contributed by atoms with Gasteiger partial charge in [-0.05, 0) is 19.3 Å². The molecule has 0 aliphatic carbocycles. The molecule has 0 unspecified atom stereocenters. The number of nitrogens with one attached hydrogen (secondary N) is 1. The van der Waals surface area contributed by atoms with E-state index >= 15 is 0 Å². The molecule has 0 atom stereocenters. The van der Waals surface area contributed by atoms with Gasteiger partial charge < -0.3 is 15.3 Å². The van der Waals surface area contributed by atoms with Crippen molar-refractivity contribution in [2.45, 2.75) is 26.2 Å². The zero-order valence-corrected chi connectivity index (χ0v) is 10.2. The molecule has 17 heavy (non-hydrogen) atoms. The van der Waals surface area contributed by atoms with Gasteiger partial charge in [-0.1, -0.05) is 19.1 Å². The van der Waals surface area contributed by atoms with Crippen molar-refractivity contribution in [3.8, 4) is 0 Å². The Morgan fingerprint density at radius 3 is 2.47 bits per heavy atom. The van der Waals surface area contributed by atoms with E-state index in [-0.39, 0.29) is 11.9 Å². The highest BCUT2D eigenvalue weighted by atomic mass is 16.4. The molecule has 0 saturated carbocycles. The molecule has 96 valence electrons. The van der Waals surface area contributed by atoms with Crippen molar-refractivity contribution in [1.82, 2.24) is 10.2 Å². The SMILES string of the molecule is C=C(CC)CNC(=O)N1CCC(C(=O)O)CC1. The fourth-order valence-corrected chi connectivity index (χ4v) is 1.77. The van der Waals surface area contributed by atoms with Crippen molar-refractivity contribution < 1.29 is 14.7 Å². The third-order valence-corrected chi connectivity index (χ3v) is 3.12. The monoisotopic (exact) mass is 240 g/mol. The highest BCUT2D eigenvalue weighted by molar-refractivity contribution is 5.75. The first kappa shape index (κ1) is 13.5. The van der Waals surface area contributed by atoms with Crippen LogP contribution in [0.4, 0.5) is 4.79 Å². The molecule has 0 radical (unpaired) electrons. The van der Waals surface area contributed by atoms with Gasteiger partial charge in [0.2, 0.25) is 0 Å². The fraction of sp³-hybridized carbons (Fsp3) is 0.667. The van der Waals surface area contributed by atoms with E-state index in [4.69, 9.17) is 5.11 Å². The van der Waals surface area contributed by atoms with Crippen molar-refractivity contribution in [2.24, 2.45) is 5.92 Å². The van der Waals surface area contributed by atoms with Crippen LogP contribution in [0.5, 0.6) is 0 Å². The Morgan fingerprint density at radius 2 is 2.00 bits per heavy atom. The van der Waals surface area contributed by atoms with E-state index in [0.29, 0.717) is 32.5 Å². The van der Waals surface area contributed by atoms with Gasteiger partial charge in [0, 0.05) is 19.6 Å². The number of urea groups is 1. The van der Waals surface area contributed by atoms with Gasteiger partial charge in [0.05, 0.1) is 5.92 Å². The van der Waals surface area contributed by atoms with Crippen LogP contribution in [0.25, 0.3) is 0 Å². The number of piperidine rings is 1. The number of hydrogen-bond acceptors (Lipinski definition) is 2. The van der Waals surface area contributed by atoms with E-state index in [9.17, 15) is 9.59 Å². The highest BCUT2D eigenvalue weighted by Gasteiger charge is 2.26. The maximum absolute atomic E-state index is 11.7. The minimum Gasteiger partial charge on any atom is -0.481 e. The third-order valence-electron chi connectivity index (χ3n) is 3.12. The van der Waals surface area contributed by atoms with Crippen LogP contribution >= 0.6 is 0 Å². The number of amides is 2. The summed E-state index contributed by atoms with van der Waals surface area (Å²) in [5.74, 6) is -1.06. The first-order valence-corrected chi connectivity index (χ1v) is 5.96. The van der Waals surface area contributed by atoms with Gasteiger partial charge in [0.15, 0.2) is 0 Å². The van der Waals surface area contributed by atoms with Crippen LogP contribution in [0.2, 0.25) is 0 Å². The van der Waals surface area contributed by atoms with Crippen LogP contribution in [-0.4, -0.2) is 41.6 Å². The summed E-state index contributed by atoms with van der Waals surface area (Å²) in [4.78, 5) is 24.1. The molecule has 5 heteroatoms. The molecule has 2 amide bonds. The average molecular weight is 240 g/mol. The lowest BCUT2D eigenvalue weighted by atomic mass is 9.97. The molecule has 0 bridgehead atoms. The lowest BCUT2D eigenvalue weighted by Gasteiger charge is -2.30. The molecule has 1 rings (SSSR count). The molecule has 0 aromatic heterocycles. The predicted molar refractivity (Wildman–Crippen MR) is 64.8 cm³/mol. The maximum Gasteiger partial charge on any atom is 0.317 e. The largest absolute Gasteiger partial charge is 0.481 e. The summed E-state index contributed by atoms with van der Waals surface area (Å²) in [6.07, 6.45) is 1.93. The fourth-order valence-electron chi connectivity index (χ4n) is 1.77. The Morgan fingerprint density at radius 1 is 1.41 bits per heavy atom. The van der Waals surface area contributed by atoms with Crippen molar-refractivity contribution >= 4 is 12.0 Å². The normalized spacial score (nSPS) is 16.6. The second-order valence-corrected chi connectivity index (χ2v) is 4.36. The van der Waals surface area contributed by atoms with Gasteiger partial charge in [-0.2, -0.15) is 0 Å². The number of likely N-dealkylation sites (tertiary alicyclic amines) is 1. The quantitative estimate of drug-likeness (QED) is 0.731. The van der Waals surface area contributed by atoms with E-state index in [2.05, 4.69) is 11.9 Å². The number of nitrogens with zero attached hydrogens (tertiary/aromatic N) is 1. The number of carboxylic acids is 1. The maximum atomic E-state index is 11.7. The number of aliphatic carboxylic acids is 1. The molecule has 2 N–H and O–H groups in total. The number of hydrogen-bond donors (Lipinski definition) is 2. The van der Waals surface area contributed by atoms with E-state index in [1.807, 2.05) is 6.92 Å². The van der Waals surface area contributed by atoms with Crippen molar-refractivity contribution in [2.75, 3.05) is 19.6 Å². The highest BCUT2D eigenvalue weighted by Crippen LogP contribution is 2.17. The number of carbonyl (C=O) groups excluding carboxylic acids is 1.